The van der Waals surface area contributed by atoms with Crippen LogP contribution in [0.2, 0.25) is 0 Å². The van der Waals surface area contributed by atoms with Gasteiger partial charge in [0.2, 0.25) is 0 Å². The van der Waals surface area contributed by atoms with Gasteiger partial charge in [0.1, 0.15) is 0 Å². The third-order valence-electron chi connectivity index (χ3n) is 2.81. The molecule has 90 valence electrons. The molecule has 0 fully saturated rings. The minimum Gasteiger partial charge on any atom is -0.395 e. The Kier molecular flexibility index (Phi) is 5.38. The number of nitrogens with zero attached hydrogens (tertiary/aromatic N) is 2. The molecule has 0 amide bonds. The van der Waals surface area contributed by atoms with E-state index in [1.807, 2.05) is 32.2 Å². The fraction of sp³-hybridized carbons (Fsp3) is 0.583. The lowest BCUT2D eigenvalue weighted by Gasteiger charge is -2.29. The second-order valence-electron chi connectivity index (χ2n) is 4.16. The largest absolute Gasteiger partial charge is 0.395 e. The van der Waals surface area contributed by atoms with Crippen molar-refractivity contribution in [2.24, 2.45) is 5.73 Å². The summed E-state index contributed by atoms with van der Waals surface area (Å²) in [6.45, 7) is 2.86. The fourth-order valence-corrected chi connectivity index (χ4v) is 1.71. The standard InChI is InChI=1S/C12H21N3O/c1-10(13)12(9-16)15(2)8-6-11-5-3-4-7-14-11/h3-5,7,10,12,16H,6,8-9,13H2,1-2H3. The van der Waals surface area contributed by atoms with E-state index in [1.54, 1.807) is 6.20 Å². The van der Waals surface area contributed by atoms with Gasteiger partial charge in [-0.3, -0.25) is 9.88 Å². The molecular weight excluding hydrogens is 202 g/mol. The number of hydrogen-bond donors (Lipinski definition) is 2. The molecular formula is C12H21N3O. The van der Waals surface area contributed by atoms with E-state index >= 15 is 0 Å². The van der Waals surface area contributed by atoms with Gasteiger partial charge in [0, 0.05) is 36.9 Å². The molecule has 1 heterocycles. The van der Waals surface area contributed by atoms with Crippen LogP contribution in [-0.4, -0.2) is 47.3 Å². The quantitative estimate of drug-likeness (QED) is 0.726. The predicted octanol–water partition coefficient (Wildman–Crippen LogP) is 0.264. The van der Waals surface area contributed by atoms with Crippen molar-refractivity contribution >= 4 is 0 Å². The molecule has 0 aromatic carbocycles. The third kappa shape index (κ3) is 3.89. The second-order valence-corrected chi connectivity index (χ2v) is 4.16. The van der Waals surface area contributed by atoms with Gasteiger partial charge in [-0.1, -0.05) is 6.07 Å². The summed E-state index contributed by atoms with van der Waals surface area (Å²) >= 11 is 0. The summed E-state index contributed by atoms with van der Waals surface area (Å²) in [6.07, 6.45) is 2.67. The van der Waals surface area contributed by atoms with Crippen LogP contribution in [0.4, 0.5) is 0 Å². The first-order valence-corrected chi connectivity index (χ1v) is 5.61. The molecule has 16 heavy (non-hydrogen) atoms. The van der Waals surface area contributed by atoms with Crippen LogP contribution >= 0.6 is 0 Å². The van der Waals surface area contributed by atoms with Crippen molar-refractivity contribution in [3.8, 4) is 0 Å². The minimum atomic E-state index is -0.0290. The summed E-state index contributed by atoms with van der Waals surface area (Å²) in [7, 11) is 1.98. The van der Waals surface area contributed by atoms with Gasteiger partial charge in [-0.25, -0.2) is 0 Å². The molecule has 1 rings (SSSR count). The normalized spacial score (nSPS) is 15.1. The highest BCUT2D eigenvalue weighted by molar-refractivity contribution is 5.03. The topological polar surface area (TPSA) is 62.4 Å². The van der Waals surface area contributed by atoms with Gasteiger partial charge in [0.25, 0.3) is 0 Å². The second kappa shape index (κ2) is 6.58. The van der Waals surface area contributed by atoms with Crippen molar-refractivity contribution in [1.82, 2.24) is 9.88 Å². The van der Waals surface area contributed by atoms with E-state index in [0.717, 1.165) is 18.7 Å². The smallest absolute Gasteiger partial charge is 0.0601 e. The molecule has 0 aliphatic heterocycles. The lowest BCUT2D eigenvalue weighted by Crippen LogP contribution is -2.47. The monoisotopic (exact) mass is 223 g/mol. The molecule has 1 aromatic heterocycles. The van der Waals surface area contributed by atoms with Crippen LogP contribution in [0.15, 0.2) is 24.4 Å². The molecule has 0 radical (unpaired) electrons. The van der Waals surface area contributed by atoms with Crippen LogP contribution in [0.25, 0.3) is 0 Å². The Morgan fingerprint density at radius 1 is 1.50 bits per heavy atom. The molecule has 3 N–H and O–H groups in total. The number of nitrogens with two attached hydrogens (primary N) is 1. The summed E-state index contributed by atoms with van der Waals surface area (Å²) < 4.78 is 0. The summed E-state index contributed by atoms with van der Waals surface area (Å²) in [5.74, 6) is 0. The average molecular weight is 223 g/mol. The van der Waals surface area contributed by atoms with E-state index in [0.29, 0.717) is 0 Å². The fourth-order valence-electron chi connectivity index (χ4n) is 1.71. The highest BCUT2D eigenvalue weighted by Crippen LogP contribution is 2.02. The van der Waals surface area contributed by atoms with Gasteiger partial charge in [-0.15, -0.1) is 0 Å². The van der Waals surface area contributed by atoms with Crippen LogP contribution in [0.3, 0.4) is 0 Å². The van der Waals surface area contributed by atoms with E-state index in [1.165, 1.54) is 0 Å². The molecule has 2 unspecified atom stereocenters. The van der Waals surface area contributed by atoms with Crippen LogP contribution < -0.4 is 5.73 Å². The highest BCUT2D eigenvalue weighted by Gasteiger charge is 2.17. The zero-order valence-corrected chi connectivity index (χ0v) is 10.0. The van der Waals surface area contributed by atoms with E-state index < -0.39 is 0 Å². The van der Waals surface area contributed by atoms with E-state index in [-0.39, 0.29) is 18.7 Å². The first-order valence-electron chi connectivity index (χ1n) is 5.61. The minimum absolute atomic E-state index is 0.0173. The lowest BCUT2D eigenvalue weighted by atomic mass is 10.1. The van der Waals surface area contributed by atoms with Crippen LogP contribution in [0.1, 0.15) is 12.6 Å². The van der Waals surface area contributed by atoms with Crippen molar-refractivity contribution in [2.45, 2.75) is 25.4 Å². The maximum atomic E-state index is 9.23. The molecule has 0 spiro atoms. The maximum Gasteiger partial charge on any atom is 0.0601 e. The van der Waals surface area contributed by atoms with Gasteiger partial charge < -0.3 is 10.8 Å². The van der Waals surface area contributed by atoms with E-state index in [4.69, 9.17) is 5.73 Å². The highest BCUT2D eigenvalue weighted by atomic mass is 16.3. The van der Waals surface area contributed by atoms with Crippen LogP contribution in [0.5, 0.6) is 0 Å². The Bertz CT molecular complexity index is 290. The van der Waals surface area contributed by atoms with Gasteiger partial charge in [0.15, 0.2) is 0 Å². The van der Waals surface area contributed by atoms with Crippen molar-refractivity contribution in [3.63, 3.8) is 0 Å². The number of pyridine rings is 1. The van der Waals surface area contributed by atoms with Crippen molar-refractivity contribution in [3.05, 3.63) is 30.1 Å². The molecule has 2 atom stereocenters. The number of likely N-dealkylation sites (N-methyl/N-ethyl adjacent to an activating group) is 1. The van der Waals surface area contributed by atoms with Gasteiger partial charge in [0.05, 0.1) is 6.61 Å². The van der Waals surface area contributed by atoms with Crippen molar-refractivity contribution < 1.29 is 5.11 Å². The number of rotatable bonds is 6. The Morgan fingerprint density at radius 2 is 2.25 bits per heavy atom. The van der Waals surface area contributed by atoms with Crippen molar-refractivity contribution in [2.75, 3.05) is 20.2 Å². The first-order chi connectivity index (χ1) is 7.65. The zero-order valence-electron chi connectivity index (χ0n) is 10.0. The van der Waals surface area contributed by atoms with Crippen LogP contribution in [-0.2, 0) is 6.42 Å². The van der Waals surface area contributed by atoms with Crippen LogP contribution in [0, 0.1) is 0 Å². The number of aliphatic hydroxyl groups excluding tert-OH is 1. The van der Waals surface area contributed by atoms with E-state index in [9.17, 15) is 5.11 Å². The molecule has 0 saturated heterocycles. The Labute approximate surface area is 97.1 Å². The molecule has 4 nitrogen and oxygen atoms in total. The maximum absolute atomic E-state index is 9.23. The summed E-state index contributed by atoms with van der Waals surface area (Å²) in [6, 6.07) is 5.89. The summed E-state index contributed by atoms with van der Waals surface area (Å²) in [5, 5.41) is 9.23. The van der Waals surface area contributed by atoms with Crippen molar-refractivity contribution in [1.29, 1.82) is 0 Å². The molecule has 0 bridgehead atoms. The van der Waals surface area contributed by atoms with Gasteiger partial charge >= 0.3 is 0 Å². The van der Waals surface area contributed by atoms with E-state index in [2.05, 4.69) is 9.88 Å². The number of aliphatic hydroxyl groups is 1. The molecule has 0 aliphatic rings. The molecule has 4 heteroatoms. The Morgan fingerprint density at radius 3 is 2.75 bits per heavy atom. The summed E-state index contributed by atoms with van der Waals surface area (Å²) in [5.41, 5.74) is 6.87. The SMILES string of the molecule is CC(N)C(CO)N(C)CCc1ccccn1. The molecule has 0 aliphatic carbocycles. The number of aromatic nitrogens is 1. The van der Waals surface area contributed by atoms with Gasteiger partial charge in [-0.05, 0) is 26.1 Å². The lowest BCUT2D eigenvalue weighted by molar-refractivity contribution is 0.132. The molecule has 0 saturated carbocycles. The molecule has 1 aromatic rings. The predicted molar refractivity (Wildman–Crippen MR) is 65.1 cm³/mol. The number of hydrogen-bond acceptors (Lipinski definition) is 4. The first kappa shape index (κ1) is 13.1. The third-order valence-corrected chi connectivity index (χ3v) is 2.81. The Hall–Kier alpha value is -0.970. The summed E-state index contributed by atoms with van der Waals surface area (Å²) in [4.78, 5) is 6.34. The Balaban J connectivity index is 2.43. The van der Waals surface area contributed by atoms with Gasteiger partial charge in [-0.2, -0.15) is 0 Å². The zero-order chi connectivity index (χ0) is 12.0. The average Bonchev–Trinajstić information content (AvgIpc) is 2.28.